The first-order valence-electron chi connectivity index (χ1n) is 16.0. The van der Waals surface area contributed by atoms with Crippen molar-refractivity contribution in [2.75, 3.05) is 11.9 Å². The number of nitrogens with zero attached hydrogens (tertiary/aromatic N) is 2. The molecule has 9 heteroatoms. The van der Waals surface area contributed by atoms with Crippen LogP contribution in [0.4, 0.5) is 5.82 Å². The summed E-state index contributed by atoms with van der Waals surface area (Å²) in [4.78, 5) is 28.5. The van der Waals surface area contributed by atoms with Gasteiger partial charge in [0.1, 0.15) is 24.1 Å². The smallest absolute Gasteiger partial charge is 0.351 e. The lowest BCUT2D eigenvalue weighted by atomic mass is 10.0. The highest BCUT2D eigenvalue weighted by atomic mass is 16.6. The molecule has 2 rings (SSSR count). The minimum Gasteiger partial charge on any atom is -0.394 e. The Morgan fingerprint density at radius 2 is 1.30 bits per heavy atom. The highest BCUT2D eigenvalue weighted by Crippen LogP contribution is 2.30. The zero-order chi connectivity index (χ0) is 29.0. The molecule has 1 fully saturated rings. The fourth-order valence-electron chi connectivity index (χ4n) is 5.43. The number of hydrogen-bond donors (Lipinski definition) is 4. The second-order valence-corrected chi connectivity index (χ2v) is 11.4. The van der Waals surface area contributed by atoms with E-state index in [-0.39, 0.29) is 11.7 Å². The number of carbonyl (C=O) groups is 1. The molecule has 0 aliphatic carbocycles. The number of hydrogen-bond acceptors (Lipinski definition) is 7. The predicted octanol–water partition coefficient (Wildman–Crippen LogP) is 5.62. The van der Waals surface area contributed by atoms with Crippen molar-refractivity contribution < 1.29 is 24.9 Å². The Balaban J connectivity index is 1.48. The van der Waals surface area contributed by atoms with Crippen LogP contribution in [0.15, 0.2) is 17.1 Å². The number of aliphatic hydroxyl groups excluding tert-OH is 3. The van der Waals surface area contributed by atoms with Gasteiger partial charge >= 0.3 is 5.69 Å². The predicted molar refractivity (Wildman–Crippen MR) is 158 cm³/mol. The number of nitrogens with one attached hydrogen (secondary N) is 1. The Morgan fingerprint density at radius 1 is 0.825 bits per heavy atom. The van der Waals surface area contributed by atoms with E-state index in [0.29, 0.717) is 6.42 Å². The number of aliphatic hydroxyl groups is 3. The van der Waals surface area contributed by atoms with Gasteiger partial charge < -0.3 is 25.4 Å². The summed E-state index contributed by atoms with van der Waals surface area (Å²) in [5, 5.41) is 32.3. The van der Waals surface area contributed by atoms with Gasteiger partial charge in [-0.25, -0.2) is 14.3 Å². The Bertz CT molecular complexity index is 864. The zero-order valence-electron chi connectivity index (χ0n) is 24.8. The third-order valence-corrected chi connectivity index (χ3v) is 7.93. The summed E-state index contributed by atoms with van der Waals surface area (Å²) in [5.41, 5.74) is -0.726. The minimum atomic E-state index is -1.44. The summed E-state index contributed by atoms with van der Waals surface area (Å²) in [5.74, 6) is -0.101. The molecule has 0 spiro atoms. The van der Waals surface area contributed by atoms with Crippen LogP contribution in [-0.4, -0.2) is 55.7 Å². The molecule has 1 aliphatic heterocycles. The first-order chi connectivity index (χ1) is 19.5. The van der Waals surface area contributed by atoms with Crippen LogP contribution in [0.5, 0.6) is 0 Å². The van der Waals surface area contributed by atoms with Gasteiger partial charge in [0.25, 0.3) is 0 Å². The molecule has 1 amide bonds. The second kappa shape index (κ2) is 21.0. The number of aromatic nitrogens is 2. The van der Waals surface area contributed by atoms with Gasteiger partial charge in [-0.1, -0.05) is 122 Å². The molecule has 1 aromatic heterocycles. The van der Waals surface area contributed by atoms with Crippen LogP contribution in [0.1, 0.15) is 142 Å². The Labute approximate surface area is 240 Å². The van der Waals surface area contributed by atoms with Gasteiger partial charge in [0, 0.05) is 12.6 Å². The number of amides is 1. The molecule has 4 N–H and O–H groups in total. The molecule has 1 saturated heterocycles. The van der Waals surface area contributed by atoms with E-state index < -0.39 is 36.8 Å². The topological polar surface area (TPSA) is 134 Å². The van der Waals surface area contributed by atoms with Gasteiger partial charge in [0.05, 0.1) is 6.61 Å². The van der Waals surface area contributed by atoms with Crippen LogP contribution in [0.2, 0.25) is 0 Å². The average molecular weight is 566 g/mol. The van der Waals surface area contributed by atoms with Gasteiger partial charge in [0.2, 0.25) is 5.91 Å². The number of carbonyl (C=O) groups excluding carboxylic acids is 1. The number of unbranched alkanes of at least 4 members (excludes halogenated alkanes) is 18. The lowest BCUT2D eigenvalue weighted by Crippen LogP contribution is -2.37. The molecule has 4 atom stereocenters. The molecule has 0 unspecified atom stereocenters. The van der Waals surface area contributed by atoms with Crippen molar-refractivity contribution in [2.45, 2.75) is 160 Å². The van der Waals surface area contributed by atoms with Crippen LogP contribution in [-0.2, 0) is 9.53 Å². The highest BCUT2D eigenvalue weighted by Gasteiger charge is 2.44. The largest absolute Gasteiger partial charge is 0.394 e. The van der Waals surface area contributed by atoms with Crippen molar-refractivity contribution in [1.29, 1.82) is 0 Å². The maximum absolute atomic E-state index is 12.5. The van der Waals surface area contributed by atoms with Crippen molar-refractivity contribution in [3.05, 3.63) is 22.7 Å². The Kier molecular flexibility index (Phi) is 18.0. The molecule has 2 heterocycles. The van der Waals surface area contributed by atoms with Crippen LogP contribution >= 0.6 is 0 Å². The van der Waals surface area contributed by atoms with E-state index in [9.17, 15) is 24.9 Å². The van der Waals surface area contributed by atoms with Crippen LogP contribution in [0.3, 0.4) is 0 Å². The third-order valence-electron chi connectivity index (χ3n) is 7.93. The Hall–Kier alpha value is -1.81. The first-order valence-corrected chi connectivity index (χ1v) is 16.0. The maximum atomic E-state index is 12.5. The number of ether oxygens (including phenoxy) is 1. The fourth-order valence-corrected chi connectivity index (χ4v) is 5.43. The normalized spacial score (nSPS) is 20.7. The molecule has 0 aromatic carbocycles. The minimum absolute atomic E-state index is 0.137. The average Bonchev–Trinajstić information content (AvgIpc) is 3.23. The lowest BCUT2D eigenvalue weighted by Gasteiger charge is -2.21. The van der Waals surface area contributed by atoms with E-state index in [0.717, 1.165) is 23.8 Å². The zero-order valence-corrected chi connectivity index (χ0v) is 24.8. The van der Waals surface area contributed by atoms with Crippen LogP contribution in [0.25, 0.3) is 0 Å². The van der Waals surface area contributed by atoms with Crippen molar-refractivity contribution in [2.24, 2.45) is 0 Å². The highest BCUT2D eigenvalue weighted by molar-refractivity contribution is 5.89. The van der Waals surface area contributed by atoms with Crippen LogP contribution in [0, 0.1) is 0 Å². The number of rotatable bonds is 23. The SMILES string of the molecule is CCCCCCCCCCCCCCCCCCCCCC(=O)Nc1ccnc(=O)n1[C@@H]1O[C@H](CO)[C@@H](O)[C@@H]1O. The van der Waals surface area contributed by atoms with E-state index in [2.05, 4.69) is 17.2 Å². The fraction of sp³-hybridized carbons (Fsp3) is 0.839. The molecule has 0 saturated carbocycles. The van der Waals surface area contributed by atoms with Gasteiger partial charge in [-0.15, -0.1) is 0 Å². The molecule has 1 aromatic rings. The summed E-state index contributed by atoms with van der Waals surface area (Å²) in [6.07, 6.45) is 21.1. The van der Waals surface area contributed by atoms with Gasteiger partial charge in [0.15, 0.2) is 6.23 Å². The summed E-state index contributed by atoms with van der Waals surface area (Å²) in [7, 11) is 0. The van der Waals surface area contributed by atoms with Crippen molar-refractivity contribution in [3.63, 3.8) is 0 Å². The standard InChI is InChI=1S/C31H55N3O6/c1-2-3-4-5-6-7-8-9-10-11-12-13-14-15-16-17-18-19-20-21-27(36)33-26-22-23-32-31(39)34(26)30-29(38)28(37)25(24-35)40-30/h22-23,25,28-30,35,37-38H,2-21,24H2,1H3,(H,33,36)/t25-,28-,29+,30-/m1/s1. The molecule has 40 heavy (non-hydrogen) atoms. The third kappa shape index (κ3) is 12.8. The van der Waals surface area contributed by atoms with E-state index in [1.54, 1.807) is 0 Å². The van der Waals surface area contributed by atoms with Crippen molar-refractivity contribution in [3.8, 4) is 0 Å². The van der Waals surface area contributed by atoms with Crippen molar-refractivity contribution >= 4 is 11.7 Å². The van der Waals surface area contributed by atoms with Gasteiger partial charge in [-0.3, -0.25) is 4.79 Å². The lowest BCUT2D eigenvalue weighted by molar-refractivity contribution is -0.116. The summed E-state index contributed by atoms with van der Waals surface area (Å²) >= 11 is 0. The Morgan fingerprint density at radius 3 is 1.75 bits per heavy atom. The van der Waals surface area contributed by atoms with Gasteiger partial charge in [-0.2, -0.15) is 0 Å². The number of anilines is 1. The van der Waals surface area contributed by atoms with E-state index >= 15 is 0 Å². The summed E-state index contributed by atoms with van der Waals surface area (Å²) in [6.45, 7) is 1.76. The van der Waals surface area contributed by atoms with E-state index in [1.165, 1.54) is 115 Å². The molecule has 0 radical (unpaired) electrons. The van der Waals surface area contributed by atoms with Gasteiger partial charge in [-0.05, 0) is 12.5 Å². The summed E-state index contributed by atoms with van der Waals surface area (Å²) < 4.78 is 6.46. The molecule has 1 aliphatic rings. The van der Waals surface area contributed by atoms with E-state index in [4.69, 9.17) is 4.74 Å². The van der Waals surface area contributed by atoms with E-state index in [1.807, 2.05) is 0 Å². The molecule has 230 valence electrons. The monoisotopic (exact) mass is 565 g/mol. The van der Waals surface area contributed by atoms with Crippen molar-refractivity contribution in [1.82, 2.24) is 9.55 Å². The first kappa shape index (κ1) is 34.4. The second-order valence-electron chi connectivity index (χ2n) is 11.4. The molecule has 9 nitrogen and oxygen atoms in total. The quantitative estimate of drug-likeness (QED) is 0.127. The summed E-state index contributed by atoms with van der Waals surface area (Å²) in [6, 6.07) is 1.45. The molecular weight excluding hydrogens is 510 g/mol. The molecular formula is C31H55N3O6. The maximum Gasteiger partial charge on any atom is 0.351 e. The van der Waals surface area contributed by atoms with Crippen LogP contribution < -0.4 is 11.0 Å². The molecule has 0 bridgehead atoms.